The van der Waals surface area contributed by atoms with E-state index < -0.39 is 0 Å². The van der Waals surface area contributed by atoms with E-state index in [2.05, 4.69) is 16.8 Å². The van der Waals surface area contributed by atoms with Gasteiger partial charge in [0.25, 0.3) is 0 Å². The average Bonchev–Trinajstić information content (AvgIpc) is 3.19. The molecule has 0 aliphatic carbocycles. The zero-order chi connectivity index (χ0) is 15.6. The molecule has 0 radical (unpaired) electrons. The third kappa shape index (κ3) is 3.12. The Morgan fingerprint density at radius 1 is 1.41 bits per heavy atom. The van der Waals surface area contributed by atoms with E-state index in [9.17, 15) is 5.11 Å². The highest BCUT2D eigenvalue weighted by molar-refractivity contribution is 7.13. The van der Waals surface area contributed by atoms with E-state index in [1.165, 1.54) is 0 Å². The molecule has 0 amide bonds. The van der Waals surface area contributed by atoms with E-state index in [-0.39, 0.29) is 5.41 Å². The molecule has 2 aromatic rings. The Bertz CT molecular complexity index is 592. The quantitative estimate of drug-likeness (QED) is 0.912. The first-order chi connectivity index (χ1) is 10.7. The number of aliphatic hydroxyl groups excluding tert-OH is 1. The van der Waals surface area contributed by atoms with E-state index in [0.717, 1.165) is 61.1 Å². The first-order valence-corrected chi connectivity index (χ1v) is 8.87. The van der Waals surface area contributed by atoms with Crippen LogP contribution in [0.15, 0.2) is 21.9 Å². The van der Waals surface area contributed by atoms with E-state index in [0.29, 0.717) is 6.61 Å². The summed E-state index contributed by atoms with van der Waals surface area (Å²) in [7, 11) is 0. The van der Waals surface area contributed by atoms with Crippen molar-refractivity contribution < 1.29 is 9.52 Å². The van der Waals surface area contributed by atoms with Crippen molar-refractivity contribution in [2.24, 2.45) is 5.41 Å². The number of likely N-dealkylation sites (tertiary alicyclic amines) is 1. The highest BCUT2D eigenvalue weighted by Gasteiger charge is 2.32. The Kier molecular flexibility index (Phi) is 4.66. The lowest BCUT2D eigenvalue weighted by molar-refractivity contribution is 0.0377. The number of piperidine rings is 1. The Balaban J connectivity index is 1.65. The lowest BCUT2D eigenvalue weighted by atomic mass is 9.77. The lowest BCUT2D eigenvalue weighted by Crippen LogP contribution is -2.41. The maximum absolute atomic E-state index is 9.63. The van der Waals surface area contributed by atoms with Crippen molar-refractivity contribution in [2.45, 2.75) is 39.7 Å². The normalized spacial score (nSPS) is 18.7. The minimum atomic E-state index is 0.136. The topological polar surface area (TPSA) is 49.5 Å². The molecule has 0 aromatic carbocycles. The van der Waals surface area contributed by atoms with Crippen LogP contribution in [-0.2, 0) is 6.54 Å². The van der Waals surface area contributed by atoms with Gasteiger partial charge in [-0.05, 0) is 56.1 Å². The van der Waals surface area contributed by atoms with Gasteiger partial charge in [-0.3, -0.25) is 4.90 Å². The van der Waals surface area contributed by atoms with Crippen LogP contribution >= 0.6 is 11.3 Å². The van der Waals surface area contributed by atoms with Gasteiger partial charge >= 0.3 is 0 Å². The van der Waals surface area contributed by atoms with Gasteiger partial charge < -0.3 is 9.52 Å². The molecule has 5 heteroatoms. The molecule has 3 rings (SSSR count). The van der Waals surface area contributed by atoms with Crippen molar-refractivity contribution in [3.63, 3.8) is 0 Å². The summed E-state index contributed by atoms with van der Waals surface area (Å²) in [6, 6.07) is 4.06. The SMILES string of the molecule is CCC1(CO)CCN(Cc2nc(-c3cccs3)oc2C)CC1. The van der Waals surface area contributed by atoms with Gasteiger partial charge in [0.05, 0.1) is 10.6 Å². The summed E-state index contributed by atoms with van der Waals surface area (Å²) in [6.07, 6.45) is 3.19. The number of rotatable bonds is 5. The van der Waals surface area contributed by atoms with Crippen LogP contribution in [0, 0.1) is 12.3 Å². The van der Waals surface area contributed by atoms with E-state index in [4.69, 9.17) is 4.42 Å². The molecule has 1 fully saturated rings. The fourth-order valence-electron chi connectivity index (χ4n) is 3.10. The van der Waals surface area contributed by atoms with Crippen molar-refractivity contribution >= 4 is 11.3 Å². The van der Waals surface area contributed by atoms with Crippen LogP contribution < -0.4 is 0 Å². The molecule has 3 heterocycles. The highest BCUT2D eigenvalue weighted by Crippen LogP contribution is 2.35. The van der Waals surface area contributed by atoms with Gasteiger partial charge in [-0.25, -0.2) is 4.98 Å². The molecule has 4 nitrogen and oxygen atoms in total. The maximum Gasteiger partial charge on any atom is 0.236 e. The first-order valence-electron chi connectivity index (χ1n) is 7.99. The number of aromatic nitrogens is 1. The number of aliphatic hydroxyl groups is 1. The summed E-state index contributed by atoms with van der Waals surface area (Å²) in [6.45, 7) is 7.37. The molecule has 0 bridgehead atoms. The fourth-order valence-corrected chi connectivity index (χ4v) is 3.75. The molecule has 1 aliphatic rings. The third-order valence-electron chi connectivity index (χ3n) is 5.00. The van der Waals surface area contributed by atoms with E-state index >= 15 is 0 Å². The Morgan fingerprint density at radius 3 is 2.77 bits per heavy atom. The summed E-state index contributed by atoms with van der Waals surface area (Å²) in [5.74, 6) is 1.65. The lowest BCUT2D eigenvalue weighted by Gasteiger charge is -2.40. The number of hydrogen-bond donors (Lipinski definition) is 1. The molecule has 0 spiro atoms. The van der Waals surface area contributed by atoms with Gasteiger partial charge in [0, 0.05) is 13.2 Å². The van der Waals surface area contributed by atoms with Crippen LogP contribution in [-0.4, -0.2) is 34.7 Å². The standard InChI is InChI=1S/C17H24N2O2S/c1-3-17(12-20)6-8-19(9-7-17)11-14-13(2)21-16(18-14)15-5-4-10-22-15/h4-5,10,20H,3,6-9,11-12H2,1-2H3. The first kappa shape index (κ1) is 15.7. The average molecular weight is 320 g/mol. The van der Waals surface area contributed by atoms with Crippen molar-refractivity contribution in [1.82, 2.24) is 9.88 Å². The highest BCUT2D eigenvalue weighted by atomic mass is 32.1. The molecule has 0 atom stereocenters. The molecule has 120 valence electrons. The van der Waals surface area contributed by atoms with Gasteiger partial charge in [0.2, 0.25) is 5.89 Å². The van der Waals surface area contributed by atoms with Crippen LogP contribution in [0.5, 0.6) is 0 Å². The monoisotopic (exact) mass is 320 g/mol. The van der Waals surface area contributed by atoms with Crippen molar-refractivity contribution in [1.29, 1.82) is 0 Å². The van der Waals surface area contributed by atoms with Crippen molar-refractivity contribution in [3.05, 3.63) is 29.0 Å². The van der Waals surface area contributed by atoms with Gasteiger partial charge in [0.15, 0.2) is 0 Å². The maximum atomic E-state index is 9.63. The van der Waals surface area contributed by atoms with E-state index in [1.54, 1.807) is 11.3 Å². The summed E-state index contributed by atoms with van der Waals surface area (Å²) in [5, 5.41) is 11.7. The van der Waals surface area contributed by atoms with Crippen LogP contribution in [0.3, 0.4) is 0 Å². The number of thiophene rings is 1. The van der Waals surface area contributed by atoms with E-state index in [1.807, 2.05) is 24.4 Å². The van der Waals surface area contributed by atoms with Crippen LogP contribution in [0.25, 0.3) is 10.8 Å². The molecule has 1 saturated heterocycles. The smallest absolute Gasteiger partial charge is 0.236 e. The fraction of sp³-hybridized carbons (Fsp3) is 0.588. The number of hydrogen-bond acceptors (Lipinski definition) is 5. The molecule has 0 saturated carbocycles. The van der Waals surface area contributed by atoms with Gasteiger partial charge in [-0.1, -0.05) is 13.0 Å². The zero-order valence-electron chi connectivity index (χ0n) is 13.3. The van der Waals surface area contributed by atoms with Crippen LogP contribution in [0.1, 0.15) is 37.6 Å². The Labute approximate surface area is 135 Å². The van der Waals surface area contributed by atoms with Crippen molar-refractivity contribution in [3.8, 4) is 10.8 Å². The predicted octanol–water partition coefficient (Wildman–Crippen LogP) is 3.70. The number of oxazole rings is 1. The third-order valence-corrected chi connectivity index (χ3v) is 5.86. The second kappa shape index (κ2) is 6.52. The van der Waals surface area contributed by atoms with Gasteiger partial charge in [-0.2, -0.15) is 0 Å². The minimum absolute atomic E-state index is 0.136. The summed E-state index contributed by atoms with van der Waals surface area (Å²) in [5.41, 5.74) is 1.17. The summed E-state index contributed by atoms with van der Waals surface area (Å²) < 4.78 is 5.82. The minimum Gasteiger partial charge on any atom is -0.440 e. The Hall–Kier alpha value is -1.17. The molecular weight excluding hydrogens is 296 g/mol. The molecule has 22 heavy (non-hydrogen) atoms. The second-order valence-corrected chi connectivity index (χ2v) is 7.23. The molecular formula is C17H24N2O2S. The van der Waals surface area contributed by atoms with Crippen LogP contribution in [0.2, 0.25) is 0 Å². The zero-order valence-corrected chi connectivity index (χ0v) is 14.2. The van der Waals surface area contributed by atoms with Crippen molar-refractivity contribution in [2.75, 3.05) is 19.7 Å². The number of aryl methyl sites for hydroxylation is 1. The van der Waals surface area contributed by atoms with Crippen LogP contribution in [0.4, 0.5) is 0 Å². The summed E-state index contributed by atoms with van der Waals surface area (Å²) in [4.78, 5) is 8.18. The summed E-state index contributed by atoms with van der Waals surface area (Å²) >= 11 is 1.65. The molecule has 1 aliphatic heterocycles. The largest absolute Gasteiger partial charge is 0.440 e. The predicted molar refractivity (Wildman–Crippen MR) is 88.9 cm³/mol. The molecule has 1 N–H and O–H groups in total. The van der Waals surface area contributed by atoms with Gasteiger partial charge in [-0.15, -0.1) is 11.3 Å². The Morgan fingerprint density at radius 2 is 2.18 bits per heavy atom. The number of nitrogens with zero attached hydrogens (tertiary/aromatic N) is 2. The molecule has 0 unspecified atom stereocenters. The second-order valence-electron chi connectivity index (χ2n) is 6.29. The molecule has 2 aromatic heterocycles. The van der Waals surface area contributed by atoms with Gasteiger partial charge in [0.1, 0.15) is 5.76 Å².